The number of nitrogens with one attached hydrogen (secondary N) is 1. The number of aromatic amines is 1. The van der Waals surface area contributed by atoms with Crippen LogP contribution in [-0.2, 0) is 32.5 Å². The molecular weight excluding hydrogens is 642 g/mol. The number of rotatable bonds is 5. The van der Waals surface area contributed by atoms with E-state index in [1.165, 1.54) is 40.3 Å². The third kappa shape index (κ3) is 4.52. The van der Waals surface area contributed by atoms with Crippen LogP contribution < -0.4 is 0 Å². The predicted molar refractivity (Wildman–Crippen MR) is 197 cm³/mol. The summed E-state index contributed by atoms with van der Waals surface area (Å²) in [5.74, 6) is -3.09. The summed E-state index contributed by atoms with van der Waals surface area (Å²) in [4.78, 5) is 15.9. The van der Waals surface area contributed by atoms with Gasteiger partial charge in [-0.25, -0.2) is 0 Å². The molecule has 0 radical (unpaired) electrons. The van der Waals surface area contributed by atoms with Crippen LogP contribution in [0.4, 0.5) is 0 Å². The predicted octanol–water partition coefficient (Wildman–Crippen LogP) is 7.52. The smallest absolute Gasteiger partial charge is 0.308 e. The van der Waals surface area contributed by atoms with Crippen LogP contribution in [0.25, 0.3) is 16.5 Å². The number of aliphatic hydroxyl groups is 3. The molecule has 278 valence electrons. The van der Waals surface area contributed by atoms with Crippen molar-refractivity contribution in [1.29, 1.82) is 0 Å². The number of carboxylic acids is 1. The molecule has 2 saturated carbocycles. The summed E-state index contributed by atoms with van der Waals surface area (Å²) in [5.41, 5.74) is 7.58. The monoisotopic (exact) mass is 701 g/mol. The summed E-state index contributed by atoms with van der Waals surface area (Å²) >= 11 is 0. The van der Waals surface area contributed by atoms with Crippen LogP contribution in [-0.4, -0.2) is 60.6 Å². The van der Waals surface area contributed by atoms with Crippen LogP contribution in [0, 0.1) is 34.5 Å². The zero-order valence-electron chi connectivity index (χ0n) is 32.2. The maximum Gasteiger partial charge on any atom is 0.308 e. The highest BCUT2D eigenvalue weighted by molar-refractivity contribution is 5.96. The first-order valence-electron chi connectivity index (χ1n) is 19.4. The van der Waals surface area contributed by atoms with Crippen LogP contribution in [0.3, 0.4) is 0 Å². The Hall–Kier alpha value is -2.49. The van der Waals surface area contributed by atoms with Crippen molar-refractivity contribution in [2.75, 3.05) is 0 Å². The molecule has 0 spiro atoms. The number of hydrogen-bond donors (Lipinski definition) is 5. The van der Waals surface area contributed by atoms with E-state index in [0.29, 0.717) is 18.8 Å². The Labute approximate surface area is 302 Å². The molecule has 8 nitrogen and oxygen atoms in total. The fourth-order valence-corrected chi connectivity index (χ4v) is 12.9. The number of hydrogen-bond acceptors (Lipinski definition) is 6. The van der Waals surface area contributed by atoms with E-state index in [0.717, 1.165) is 48.7 Å². The fourth-order valence-electron chi connectivity index (χ4n) is 12.9. The fraction of sp³-hybridized carbons (Fsp3) is 0.698. The van der Waals surface area contributed by atoms with Gasteiger partial charge in [-0.15, -0.1) is 0 Å². The quantitative estimate of drug-likeness (QED) is 0.204. The number of benzene rings is 1. The summed E-state index contributed by atoms with van der Waals surface area (Å²) < 4.78 is 12.9. The highest BCUT2D eigenvalue weighted by Crippen LogP contribution is 2.74. The van der Waals surface area contributed by atoms with Crippen molar-refractivity contribution >= 4 is 22.4 Å². The lowest BCUT2D eigenvalue weighted by Gasteiger charge is -2.65. The molecule has 6 aliphatic rings. The van der Waals surface area contributed by atoms with E-state index in [-0.39, 0.29) is 22.7 Å². The maximum atomic E-state index is 12.2. The Bertz CT molecular complexity index is 1900. The molecule has 5 N–H and O–H groups in total. The Kier molecular flexibility index (Phi) is 7.53. The minimum atomic E-state index is -1.42. The second-order valence-corrected chi connectivity index (χ2v) is 19.4. The average molecular weight is 702 g/mol. The molecule has 3 fully saturated rings. The minimum absolute atomic E-state index is 0.106. The van der Waals surface area contributed by atoms with Crippen LogP contribution in [0.5, 0.6) is 0 Å². The SMILES string of the molecule is CC(C)=CCc1c2c(cc3c4c([nH]c13)[C@@]1(C)[C@@H](CC[C@@H]3[C@]1(C)CC[C@]1(O)O[C@H](C(O)C(C)C(=O)O)C[C@@]31C)C4)C1=CC(C)(C)OC(C)(C)[C@H]1[C@@H]2O. The molecule has 2 unspecified atom stereocenters. The molecule has 11 atom stereocenters. The van der Waals surface area contributed by atoms with E-state index in [1.807, 2.05) is 0 Å². The van der Waals surface area contributed by atoms with E-state index in [4.69, 9.17) is 9.47 Å². The molecule has 4 aliphatic carbocycles. The number of aliphatic hydroxyl groups excluding tert-OH is 2. The first kappa shape index (κ1) is 35.5. The zero-order valence-corrected chi connectivity index (χ0v) is 32.2. The largest absolute Gasteiger partial charge is 0.481 e. The highest BCUT2D eigenvalue weighted by Gasteiger charge is 2.73. The number of H-pyrrole nitrogens is 1. The summed E-state index contributed by atoms with van der Waals surface area (Å²) in [5, 5.41) is 46.4. The third-order valence-corrected chi connectivity index (χ3v) is 15.5. The summed E-state index contributed by atoms with van der Waals surface area (Å²) in [6.45, 7) is 21.2. The third-order valence-electron chi connectivity index (χ3n) is 15.5. The van der Waals surface area contributed by atoms with Crippen molar-refractivity contribution in [3.8, 4) is 0 Å². The summed E-state index contributed by atoms with van der Waals surface area (Å²) in [6, 6.07) is 2.38. The van der Waals surface area contributed by atoms with Crippen molar-refractivity contribution < 1.29 is 34.7 Å². The van der Waals surface area contributed by atoms with Crippen LogP contribution >= 0.6 is 0 Å². The molecule has 1 aromatic carbocycles. The maximum absolute atomic E-state index is 12.2. The van der Waals surface area contributed by atoms with Crippen molar-refractivity contribution in [1.82, 2.24) is 4.98 Å². The molecule has 2 aliphatic heterocycles. The van der Waals surface area contributed by atoms with Gasteiger partial charge in [0.05, 0.1) is 35.4 Å². The molecule has 1 aromatic heterocycles. The van der Waals surface area contributed by atoms with E-state index < -0.39 is 52.6 Å². The molecular formula is C43H59NO7. The number of aliphatic carboxylic acids is 1. The van der Waals surface area contributed by atoms with E-state index >= 15 is 0 Å². The lowest BCUT2D eigenvalue weighted by Crippen LogP contribution is -2.65. The minimum Gasteiger partial charge on any atom is -0.481 e. The normalized spacial score (nSPS) is 41.0. The lowest BCUT2D eigenvalue weighted by molar-refractivity contribution is -0.301. The Morgan fingerprint density at radius 3 is 2.45 bits per heavy atom. The van der Waals surface area contributed by atoms with Gasteiger partial charge in [-0.2, -0.15) is 0 Å². The number of allylic oxidation sites excluding steroid dienone is 2. The molecule has 8 heteroatoms. The molecule has 0 amide bonds. The summed E-state index contributed by atoms with van der Waals surface area (Å²) in [6.07, 6.45) is 7.21. The second kappa shape index (κ2) is 10.8. The topological polar surface area (TPSA) is 132 Å². The molecule has 8 rings (SSSR count). The molecule has 3 heterocycles. The molecule has 0 bridgehead atoms. The lowest BCUT2D eigenvalue weighted by atomic mass is 9.40. The van der Waals surface area contributed by atoms with Gasteiger partial charge in [-0.1, -0.05) is 32.4 Å². The van der Waals surface area contributed by atoms with E-state index in [2.05, 4.69) is 85.5 Å². The van der Waals surface area contributed by atoms with E-state index in [9.17, 15) is 25.2 Å². The van der Waals surface area contributed by atoms with Gasteiger partial charge in [-0.05, 0) is 144 Å². The summed E-state index contributed by atoms with van der Waals surface area (Å²) in [7, 11) is 0. The Balaban J connectivity index is 1.27. The van der Waals surface area contributed by atoms with Gasteiger partial charge >= 0.3 is 5.97 Å². The number of carboxylic acid groups (broad SMARTS) is 1. The second-order valence-electron chi connectivity index (χ2n) is 19.4. The molecule has 1 saturated heterocycles. The van der Waals surface area contributed by atoms with E-state index in [1.54, 1.807) is 0 Å². The highest BCUT2D eigenvalue weighted by atomic mass is 16.6. The number of carbonyl (C=O) groups is 1. The van der Waals surface area contributed by atoms with Crippen molar-refractivity contribution in [3.63, 3.8) is 0 Å². The van der Waals surface area contributed by atoms with Crippen LogP contribution in [0.2, 0.25) is 0 Å². The molecule has 2 aromatic rings. The van der Waals surface area contributed by atoms with Gasteiger partial charge in [0, 0.05) is 39.8 Å². The number of ether oxygens (including phenoxy) is 2. The van der Waals surface area contributed by atoms with Gasteiger partial charge in [-0.3, -0.25) is 4.79 Å². The van der Waals surface area contributed by atoms with Gasteiger partial charge in [0.2, 0.25) is 0 Å². The Morgan fingerprint density at radius 1 is 1.08 bits per heavy atom. The van der Waals surface area contributed by atoms with Gasteiger partial charge in [0.1, 0.15) is 0 Å². The van der Waals surface area contributed by atoms with Crippen LogP contribution in [0.15, 0.2) is 23.8 Å². The molecule has 51 heavy (non-hydrogen) atoms. The number of aromatic nitrogens is 1. The Morgan fingerprint density at radius 2 is 1.78 bits per heavy atom. The zero-order chi connectivity index (χ0) is 37.0. The van der Waals surface area contributed by atoms with Gasteiger partial charge in [0.15, 0.2) is 5.79 Å². The average Bonchev–Trinajstić information content (AvgIpc) is 3.70. The van der Waals surface area contributed by atoms with Gasteiger partial charge < -0.3 is 34.9 Å². The van der Waals surface area contributed by atoms with Crippen molar-refractivity contribution in [2.45, 2.75) is 155 Å². The first-order valence-corrected chi connectivity index (χ1v) is 19.4. The first-order chi connectivity index (χ1) is 23.6. The standard InChI is InChI=1S/C43H59NO7/c1-21(2)11-13-24-31-25(28-19-38(4,5)51-39(6,7)32(28)35(31)46)18-26-27-17-23-12-14-30-40(8,42(23,10)36(27)44-33(24)26)15-16-43(49)41(30,9)20-29(50-43)34(45)22(3)37(47)48/h11,18-19,22-23,29-30,32,34-35,44-46,49H,12-17,20H2,1-10H3,(H,47,48)/t22?,23-,29-,30+,32+,34?,35+,40-,41-,42+,43-/m0/s1. The van der Waals surface area contributed by atoms with Crippen molar-refractivity contribution in [3.05, 3.63) is 51.7 Å². The van der Waals surface area contributed by atoms with Crippen molar-refractivity contribution in [2.24, 2.45) is 34.5 Å². The van der Waals surface area contributed by atoms with Gasteiger partial charge in [0.25, 0.3) is 0 Å². The number of fused-ring (bicyclic) bond motifs is 12. The van der Waals surface area contributed by atoms with Crippen LogP contribution in [0.1, 0.15) is 135 Å².